The number of benzene rings is 4. The number of aromatic nitrogens is 1. The first-order chi connectivity index (χ1) is 15.2. The van der Waals surface area contributed by atoms with Gasteiger partial charge in [0.15, 0.2) is 0 Å². The summed E-state index contributed by atoms with van der Waals surface area (Å²) in [6.07, 6.45) is 1.68. The lowest BCUT2D eigenvalue weighted by Gasteiger charge is -2.14. The molecule has 0 aliphatic heterocycles. The van der Waals surface area contributed by atoms with Gasteiger partial charge >= 0.3 is 0 Å². The molecule has 0 spiro atoms. The van der Waals surface area contributed by atoms with Crippen molar-refractivity contribution in [3.8, 4) is 0 Å². The molecule has 0 saturated carbocycles. The Morgan fingerprint density at radius 1 is 0.903 bits per heavy atom. The van der Waals surface area contributed by atoms with Gasteiger partial charge in [-0.3, -0.25) is 4.79 Å². The maximum Gasteiger partial charge on any atom is 0.280 e. The number of anilines is 1. The van der Waals surface area contributed by atoms with Crippen molar-refractivity contribution >= 4 is 65.5 Å². The normalized spacial score (nSPS) is 11.4. The quantitative estimate of drug-likeness (QED) is 0.205. The van der Waals surface area contributed by atoms with Crippen LogP contribution in [0.5, 0.6) is 0 Å². The number of nitrogens with zero attached hydrogens (tertiary/aromatic N) is 3. The molecule has 0 atom stereocenters. The summed E-state index contributed by atoms with van der Waals surface area (Å²) in [6, 6.07) is 29.2. The van der Waals surface area contributed by atoms with Crippen LogP contribution in [0.4, 0.5) is 5.13 Å². The summed E-state index contributed by atoms with van der Waals surface area (Å²) in [7, 11) is 0. The van der Waals surface area contributed by atoms with Crippen LogP contribution in [-0.2, 0) is 0 Å². The summed E-state index contributed by atoms with van der Waals surface area (Å²) in [5, 5.41) is 8.54. The van der Waals surface area contributed by atoms with E-state index >= 15 is 0 Å². The predicted octanol–water partition coefficient (Wildman–Crippen LogP) is 6.89. The van der Waals surface area contributed by atoms with Crippen LogP contribution < -0.4 is 5.01 Å². The summed E-state index contributed by atoms with van der Waals surface area (Å²) in [5.41, 5.74) is 2.29. The number of halogens is 1. The predicted molar refractivity (Wildman–Crippen MR) is 132 cm³/mol. The maximum absolute atomic E-state index is 13.5. The molecule has 0 aliphatic rings. The van der Waals surface area contributed by atoms with E-state index in [0.717, 1.165) is 31.0 Å². The fourth-order valence-corrected chi connectivity index (χ4v) is 4.75. The molecule has 5 rings (SSSR count). The molecule has 1 aromatic heterocycles. The van der Waals surface area contributed by atoms with Crippen molar-refractivity contribution in [2.75, 3.05) is 5.01 Å². The van der Waals surface area contributed by atoms with Crippen LogP contribution in [0.3, 0.4) is 0 Å². The van der Waals surface area contributed by atoms with E-state index in [1.165, 1.54) is 16.3 Å². The molecule has 0 aliphatic carbocycles. The highest BCUT2D eigenvalue weighted by Crippen LogP contribution is 2.32. The second-order valence-corrected chi connectivity index (χ2v) is 8.87. The zero-order valence-electron chi connectivity index (χ0n) is 16.3. The molecule has 0 saturated heterocycles. The fraction of sp³-hybridized carbons (Fsp3) is 0. The Morgan fingerprint density at radius 3 is 2.52 bits per heavy atom. The number of fused-ring (bicyclic) bond motifs is 2. The number of rotatable bonds is 4. The highest BCUT2D eigenvalue weighted by atomic mass is 79.9. The SMILES string of the molecule is O=C(c1ccc2ccccc2c1)N(/N=C/c1ccccc1)c1nc2ccc(Br)cc2s1. The largest absolute Gasteiger partial charge is 0.280 e. The lowest BCUT2D eigenvalue weighted by molar-refractivity contribution is 0.0988. The highest BCUT2D eigenvalue weighted by Gasteiger charge is 2.21. The average Bonchev–Trinajstić information content (AvgIpc) is 3.22. The number of carbonyl (C=O) groups is 1. The first-order valence-corrected chi connectivity index (χ1v) is 11.3. The van der Waals surface area contributed by atoms with Gasteiger partial charge in [0.2, 0.25) is 5.13 Å². The van der Waals surface area contributed by atoms with Gasteiger partial charge in [-0.1, -0.05) is 87.9 Å². The van der Waals surface area contributed by atoms with Gasteiger partial charge in [-0.25, -0.2) is 4.98 Å². The second kappa shape index (κ2) is 8.41. The van der Waals surface area contributed by atoms with Crippen LogP contribution in [0, 0.1) is 0 Å². The lowest BCUT2D eigenvalue weighted by Crippen LogP contribution is -2.25. The van der Waals surface area contributed by atoms with E-state index in [2.05, 4.69) is 26.0 Å². The third-order valence-electron chi connectivity index (χ3n) is 4.83. The first-order valence-electron chi connectivity index (χ1n) is 9.66. The van der Waals surface area contributed by atoms with Gasteiger partial charge in [0.25, 0.3) is 5.91 Å². The Kier molecular flexibility index (Phi) is 5.32. The molecule has 5 aromatic rings. The lowest BCUT2D eigenvalue weighted by atomic mass is 10.1. The third-order valence-corrected chi connectivity index (χ3v) is 6.32. The van der Waals surface area contributed by atoms with Crippen molar-refractivity contribution < 1.29 is 4.79 Å². The number of hydrogen-bond donors (Lipinski definition) is 0. The van der Waals surface area contributed by atoms with E-state index < -0.39 is 0 Å². The van der Waals surface area contributed by atoms with Crippen molar-refractivity contribution in [2.45, 2.75) is 0 Å². The standard InChI is InChI=1S/C25H16BrN3OS/c26-21-12-13-22-23(15-21)31-25(28-22)29(27-16-17-6-2-1-3-7-17)24(30)20-11-10-18-8-4-5-9-19(18)14-20/h1-16H/b27-16+. The molecule has 1 amide bonds. The van der Waals surface area contributed by atoms with Crippen LogP contribution in [-0.4, -0.2) is 17.1 Å². The number of thiazole rings is 1. The summed E-state index contributed by atoms with van der Waals surface area (Å²) in [4.78, 5) is 18.2. The number of amides is 1. The third kappa shape index (κ3) is 4.13. The molecule has 1 heterocycles. The smallest absolute Gasteiger partial charge is 0.267 e. The molecule has 150 valence electrons. The first kappa shape index (κ1) is 19.6. The molecule has 31 heavy (non-hydrogen) atoms. The molecule has 0 bridgehead atoms. The molecule has 0 radical (unpaired) electrons. The number of carbonyl (C=O) groups excluding carboxylic acids is 1. The van der Waals surface area contributed by atoms with E-state index in [-0.39, 0.29) is 5.91 Å². The average molecular weight is 486 g/mol. The number of hydrazone groups is 1. The zero-order chi connectivity index (χ0) is 21.2. The van der Waals surface area contributed by atoms with Gasteiger partial charge in [-0.05, 0) is 46.7 Å². The summed E-state index contributed by atoms with van der Waals surface area (Å²) < 4.78 is 1.95. The van der Waals surface area contributed by atoms with E-state index in [1.807, 2.05) is 91.0 Å². The minimum Gasteiger partial charge on any atom is -0.267 e. The minimum absolute atomic E-state index is 0.226. The topological polar surface area (TPSA) is 45.6 Å². The van der Waals surface area contributed by atoms with Gasteiger partial charge in [-0.15, -0.1) is 0 Å². The van der Waals surface area contributed by atoms with Gasteiger partial charge in [0, 0.05) is 10.0 Å². The van der Waals surface area contributed by atoms with E-state index in [0.29, 0.717) is 10.7 Å². The summed E-state index contributed by atoms with van der Waals surface area (Å²) in [5.74, 6) is -0.226. The molecular weight excluding hydrogens is 470 g/mol. The highest BCUT2D eigenvalue weighted by molar-refractivity contribution is 9.10. The summed E-state index contributed by atoms with van der Waals surface area (Å²) in [6.45, 7) is 0. The van der Waals surface area contributed by atoms with Crippen molar-refractivity contribution in [2.24, 2.45) is 5.10 Å². The van der Waals surface area contributed by atoms with E-state index in [9.17, 15) is 4.79 Å². The molecule has 0 unspecified atom stereocenters. The van der Waals surface area contributed by atoms with Crippen LogP contribution >= 0.6 is 27.3 Å². The van der Waals surface area contributed by atoms with Gasteiger partial charge in [0.05, 0.1) is 16.4 Å². The molecule has 4 aromatic carbocycles. The summed E-state index contributed by atoms with van der Waals surface area (Å²) >= 11 is 4.93. The van der Waals surface area contributed by atoms with Crippen LogP contribution in [0.15, 0.2) is 101 Å². The van der Waals surface area contributed by atoms with E-state index in [4.69, 9.17) is 0 Å². The van der Waals surface area contributed by atoms with Crippen LogP contribution in [0.25, 0.3) is 21.0 Å². The van der Waals surface area contributed by atoms with Crippen molar-refractivity contribution in [1.82, 2.24) is 4.98 Å². The Labute approximate surface area is 191 Å². The monoisotopic (exact) mass is 485 g/mol. The van der Waals surface area contributed by atoms with Crippen LogP contribution in [0.1, 0.15) is 15.9 Å². The maximum atomic E-state index is 13.5. The number of hydrogen-bond acceptors (Lipinski definition) is 4. The molecular formula is C25H16BrN3OS. The Morgan fingerprint density at radius 2 is 1.68 bits per heavy atom. The fourth-order valence-electron chi connectivity index (χ4n) is 3.27. The van der Waals surface area contributed by atoms with Crippen molar-refractivity contribution in [1.29, 1.82) is 0 Å². The van der Waals surface area contributed by atoms with Crippen LogP contribution in [0.2, 0.25) is 0 Å². The molecule has 6 heteroatoms. The minimum atomic E-state index is -0.226. The Balaban J connectivity index is 1.59. The molecule has 0 N–H and O–H groups in total. The van der Waals surface area contributed by atoms with E-state index in [1.54, 1.807) is 6.21 Å². The molecule has 0 fully saturated rings. The van der Waals surface area contributed by atoms with Crippen molar-refractivity contribution in [3.05, 3.63) is 107 Å². The second-order valence-electron chi connectivity index (χ2n) is 6.94. The van der Waals surface area contributed by atoms with Crippen molar-refractivity contribution in [3.63, 3.8) is 0 Å². The van der Waals surface area contributed by atoms with Gasteiger partial charge in [-0.2, -0.15) is 10.1 Å². The van der Waals surface area contributed by atoms with Gasteiger partial charge < -0.3 is 0 Å². The Hall–Kier alpha value is -3.35. The Bertz CT molecular complexity index is 1430. The van der Waals surface area contributed by atoms with Gasteiger partial charge in [0.1, 0.15) is 0 Å². The molecule has 4 nitrogen and oxygen atoms in total. The zero-order valence-corrected chi connectivity index (χ0v) is 18.7.